The standard InChI is InChI=1S/C13H19NO2/c1-13(2,9-14)8-10-3-4-11-12(7-10)16-6-5-15-11/h3-4,7H,5-6,8-9,14H2,1-2H3. The zero-order chi connectivity index (χ0) is 11.6. The third kappa shape index (κ3) is 2.47. The average molecular weight is 221 g/mol. The van der Waals surface area contributed by atoms with E-state index < -0.39 is 0 Å². The molecule has 3 nitrogen and oxygen atoms in total. The van der Waals surface area contributed by atoms with Crippen LogP contribution in [0.5, 0.6) is 11.5 Å². The summed E-state index contributed by atoms with van der Waals surface area (Å²) in [6.45, 7) is 6.30. The summed E-state index contributed by atoms with van der Waals surface area (Å²) in [4.78, 5) is 0. The minimum Gasteiger partial charge on any atom is -0.486 e. The number of nitrogens with two attached hydrogens (primary N) is 1. The Morgan fingerprint density at radius 3 is 2.56 bits per heavy atom. The van der Waals surface area contributed by atoms with E-state index in [1.807, 2.05) is 6.07 Å². The van der Waals surface area contributed by atoms with Gasteiger partial charge in [-0.1, -0.05) is 19.9 Å². The highest BCUT2D eigenvalue weighted by Crippen LogP contribution is 2.32. The molecule has 0 fully saturated rings. The maximum atomic E-state index is 5.74. The molecular formula is C13H19NO2. The Morgan fingerprint density at radius 2 is 1.88 bits per heavy atom. The maximum Gasteiger partial charge on any atom is 0.161 e. The average Bonchev–Trinajstić information content (AvgIpc) is 2.28. The van der Waals surface area contributed by atoms with E-state index in [0.717, 1.165) is 17.9 Å². The first-order valence-electron chi connectivity index (χ1n) is 5.69. The Labute approximate surface area is 96.5 Å². The smallest absolute Gasteiger partial charge is 0.161 e. The van der Waals surface area contributed by atoms with Gasteiger partial charge < -0.3 is 15.2 Å². The highest BCUT2D eigenvalue weighted by Gasteiger charge is 2.18. The number of benzene rings is 1. The fourth-order valence-corrected chi connectivity index (χ4v) is 1.82. The molecule has 1 aromatic carbocycles. The zero-order valence-electron chi connectivity index (χ0n) is 9.95. The summed E-state index contributed by atoms with van der Waals surface area (Å²) in [7, 11) is 0. The molecule has 2 N–H and O–H groups in total. The number of hydrogen-bond acceptors (Lipinski definition) is 3. The summed E-state index contributed by atoms with van der Waals surface area (Å²) in [6.07, 6.45) is 0.958. The predicted molar refractivity (Wildman–Crippen MR) is 64.0 cm³/mol. The summed E-state index contributed by atoms with van der Waals surface area (Å²) in [5.41, 5.74) is 7.11. The van der Waals surface area contributed by atoms with Crippen LogP contribution in [0.3, 0.4) is 0 Å². The van der Waals surface area contributed by atoms with Crippen LogP contribution in [0.25, 0.3) is 0 Å². The molecule has 0 aromatic heterocycles. The van der Waals surface area contributed by atoms with Crippen molar-refractivity contribution in [1.82, 2.24) is 0 Å². The van der Waals surface area contributed by atoms with Gasteiger partial charge in [0.15, 0.2) is 11.5 Å². The summed E-state index contributed by atoms with van der Waals surface area (Å²) in [5, 5.41) is 0. The van der Waals surface area contributed by atoms with Gasteiger partial charge >= 0.3 is 0 Å². The maximum absolute atomic E-state index is 5.74. The molecule has 1 aliphatic heterocycles. The minimum absolute atomic E-state index is 0.129. The Morgan fingerprint density at radius 1 is 1.19 bits per heavy atom. The van der Waals surface area contributed by atoms with Gasteiger partial charge in [0.1, 0.15) is 13.2 Å². The monoisotopic (exact) mass is 221 g/mol. The van der Waals surface area contributed by atoms with Gasteiger partial charge in [-0.15, -0.1) is 0 Å². The Kier molecular flexibility index (Phi) is 3.06. The number of hydrogen-bond donors (Lipinski definition) is 1. The predicted octanol–water partition coefficient (Wildman–Crippen LogP) is 1.99. The molecule has 2 rings (SSSR count). The molecule has 1 aliphatic rings. The second kappa shape index (κ2) is 4.34. The van der Waals surface area contributed by atoms with Gasteiger partial charge in [0.25, 0.3) is 0 Å². The van der Waals surface area contributed by atoms with Crippen LogP contribution in [0, 0.1) is 5.41 Å². The molecule has 88 valence electrons. The van der Waals surface area contributed by atoms with Gasteiger partial charge in [0, 0.05) is 0 Å². The van der Waals surface area contributed by atoms with Gasteiger partial charge in [-0.3, -0.25) is 0 Å². The van der Waals surface area contributed by atoms with E-state index >= 15 is 0 Å². The van der Waals surface area contributed by atoms with Gasteiger partial charge in [-0.25, -0.2) is 0 Å². The summed E-state index contributed by atoms with van der Waals surface area (Å²) in [6, 6.07) is 6.13. The van der Waals surface area contributed by atoms with Crippen LogP contribution >= 0.6 is 0 Å². The summed E-state index contributed by atoms with van der Waals surface area (Å²) in [5.74, 6) is 1.71. The Hall–Kier alpha value is -1.22. The largest absolute Gasteiger partial charge is 0.486 e. The van der Waals surface area contributed by atoms with Gasteiger partial charge in [-0.2, -0.15) is 0 Å². The third-order valence-corrected chi connectivity index (χ3v) is 2.84. The van der Waals surface area contributed by atoms with Crippen LogP contribution < -0.4 is 15.2 Å². The van der Waals surface area contributed by atoms with Crippen molar-refractivity contribution in [2.45, 2.75) is 20.3 Å². The lowest BCUT2D eigenvalue weighted by molar-refractivity contribution is 0.171. The minimum atomic E-state index is 0.129. The fourth-order valence-electron chi connectivity index (χ4n) is 1.82. The molecular weight excluding hydrogens is 202 g/mol. The summed E-state index contributed by atoms with van der Waals surface area (Å²) < 4.78 is 11.0. The molecule has 0 saturated heterocycles. The number of fused-ring (bicyclic) bond motifs is 1. The molecule has 16 heavy (non-hydrogen) atoms. The molecule has 0 amide bonds. The van der Waals surface area contributed by atoms with Crippen LogP contribution in [0.2, 0.25) is 0 Å². The van der Waals surface area contributed by atoms with Crippen molar-refractivity contribution in [3.05, 3.63) is 23.8 Å². The molecule has 1 aromatic rings. The molecule has 3 heteroatoms. The third-order valence-electron chi connectivity index (χ3n) is 2.84. The highest BCUT2D eigenvalue weighted by atomic mass is 16.6. The van der Waals surface area contributed by atoms with Crippen LogP contribution in [-0.4, -0.2) is 19.8 Å². The lowest BCUT2D eigenvalue weighted by atomic mass is 9.86. The molecule has 0 aliphatic carbocycles. The highest BCUT2D eigenvalue weighted by molar-refractivity contribution is 5.44. The van der Waals surface area contributed by atoms with E-state index in [2.05, 4.69) is 26.0 Å². The van der Waals surface area contributed by atoms with E-state index in [-0.39, 0.29) is 5.41 Å². The topological polar surface area (TPSA) is 44.5 Å². The molecule has 0 atom stereocenters. The van der Waals surface area contributed by atoms with Gasteiger partial charge in [-0.05, 0) is 36.1 Å². The van der Waals surface area contributed by atoms with Crippen LogP contribution in [0.15, 0.2) is 18.2 Å². The molecule has 0 radical (unpaired) electrons. The van der Waals surface area contributed by atoms with Crippen molar-refractivity contribution in [3.63, 3.8) is 0 Å². The number of ether oxygens (including phenoxy) is 2. The van der Waals surface area contributed by atoms with Crippen molar-refractivity contribution in [2.75, 3.05) is 19.8 Å². The van der Waals surface area contributed by atoms with E-state index in [4.69, 9.17) is 15.2 Å². The molecule has 0 unspecified atom stereocenters. The van der Waals surface area contributed by atoms with E-state index in [1.165, 1.54) is 5.56 Å². The first-order chi connectivity index (χ1) is 7.61. The van der Waals surface area contributed by atoms with Crippen molar-refractivity contribution >= 4 is 0 Å². The van der Waals surface area contributed by atoms with Crippen molar-refractivity contribution in [3.8, 4) is 11.5 Å². The van der Waals surface area contributed by atoms with Crippen LogP contribution in [0.4, 0.5) is 0 Å². The van der Waals surface area contributed by atoms with Crippen molar-refractivity contribution < 1.29 is 9.47 Å². The fraction of sp³-hybridized carbons (Fsp3) is 0.538. The molecule has 0 spiro atoms. The van der Waals surface area contributed by atoms with Gasteiger partial charge in [0.2, 0.25) is 0 Å². The Bertz CT molecular complexity index is 374. The molecule has 1 heterocycles. The zero-order valence-corrected chi connectivity index (χ0v) is 9.95. The quantitative estimate of drug-likeness (QED) is 0.849. The first kappa shape index (κ1) is 11.3. The second-order valence-electron chi connectivity index (χ2n) is 5.02. The second-order valence-corrected chi connectivity index (χ2v) is 5.02. The summed E-state index contributed by atoms with van der Waals surface area (Å²) >= 11 is 0. The van der Waals surface area contributed by atoms with E-state index in [0.29, 0.717) is 19.8 Å². The van der Waals surface area contributed by atoms with Crippen LogP contribution in [-0.2, 0) is 6.42 Å². The number of rotatable bonds is 3. The molecule has 0 bridgehead atoms. The SMILES string of the molecule is CC(C)(CN)Cc1ccc2c(c1)OCCO2. The molecule has 0 saturated carbocycles. The lowest BCUT2D eigenvalue weighted by Gasteiger charge is -2.24. The van der Waals surface area contributed by atoms with Crippen LogP contribution in [0.1, 0.15) is 19.4 Å². The Balaban J connectivity index is 2.17. The first-order valence-corrected chi connectivity index (χ1v) is 5.69. The van der Waals surface area contributed by atoms with Crippen molar-refractivity contribution in [2.24, 2.45) is 11.1 Å². The van der Waals surface area contributed by atoms with Crippen molar-refractivity contribution in [1.29, 1.82) is 0 Å². The van der Waals surface area contributed by atoms with E-state index in [9.17, 15) is 0 Å². The lowest BCUT2D eigenvalue weighted by Crippen LogP contribution is -2.26. The normalized spacial score (nSPS) is 14.9. The van der Waals surface area contributed by atoms with Gasteiger partial charge in [0.05, 0.1) is 0 Å². The van der Waals surface area contributed by atoms with E-state index in [1.54, 1.807) is 0 Å².